The molecule has 1 aliphatic rings. The molecule has 1 heterocycles. The van der Waals surface area contributed by atoms with Crippen molar-refractivity contribution < 1.29 is 19.1 Å². The Bertz CT molecular complexity index is 627. The van der Waals surface area contributed by atoms with Crippen molar-refractivity contribution in [3.05, 3.63) is 34.9 Å². The zero-order valence-electron chi connectivity index (χ0n) is 14.3. The summed E-state index contributed by atoms with van der Waals surface area (Å²) in [4.78, 5) is 37.4. The third-order valence-corrected chi connectivity index (χ3v) is 4.32. The van der Waals surface area contributed by atoms with E-state index in [0.29, 0.717) is 43.1 Å². The zero-order chi connectivity index (χ0) is 18.2. The molecule has 1 fully saturated rings. The van der Waals surface area contributed by atoms with Crippen LogP contribution in [-0.4, -0.2) is 48.4 Å². The molecule has 0 spiro atoms. The second-order valence-corrected chi connectivity index (χ2v) is 6.39. The number of rotatable bonds is 6. The first-order valence-electron chi connectivity index (χ1n) is 8.49. The number of esters is 1. The van der Waals surface area contributed by atoms with Gasteiger partial charge >= 0.3 is 5.97 Å². The fourth-order valence-corrected chi connectivity index (χ4v) is 2.97. The maximum absolute atomic E-state index is 12.4. The Balaban J connectivity index is 1.75. The van der Waals surface area contributed by atoms with Crippen LogP contribution >= 0.6 is 11.6 Å². The number of hydrogen-bond donors (Lipinski definition) is 1. The van der Waals surface area contributed by atoms with E-state index in [0.717, 1.165) is 0 Å². The van der Waals surface area contributed by atoms with E-state index >= 15 is 0 Å². The number of hydrogen-bond acceptors (Lipinski definition) is 4. The molecular weight excluding hydrogens is 344 g/mol. The lowest BCUT2D eigenvalue weighted by Crippen LogP contribution is -2.46. The largest absolute Gasteiger partial charge is 0.466 e. The molecule has 0 bridgehead atoms. The Morgan fingerprint density at radius 2 is 1.96 bits per heavy atom. The number of benzene rings is 1. The molecule has 0 saturated carbocycles. The summed E-state index contributed by atoms with van der Waals surface area (Å²) in [5.41, 5.74) is 0.574. The zero-order valence-corrected chi connectivity index (χ0v) is 15.1. The molecular formula is C18H23ClN2O4. The molecule has 0 unspecified atom stereocenters. The van der Waals surface area contributed by atoms with Gasteiger partial charge in [-0.25, -0.2) is 0 Å². The molecule has 7 heteroatoms. The van der Waals surface area contributed by atoms with Crippen molar-refractivity contribution in [3.63, 3.8) is 0 Å². The Labute approximate surface area is 152 Å². The minimum Gasteiger partial charge on any atom is -0.466 e. The van der Waals surface area contributed by atoms with Crippen molar-refractivity contribution in [1.82, 2.24) is 10.2 Å². The highest BCUT2D eigenvalue weighted by Crippen LogP contribution is 2.17. The van der Waals surface area contributed by atoms with Crippen molar-refractivity contribution in [1.29, 1.82) is 0 Å². The van der Waals surface area contributed by atoms with Crippen molar-refractivity contribution in [3.8, 4) is 0 Å². The number of likely N-dealkylation sites (tertiary alicyclic amines) is 1. The first kappa shape index (κ1) is 19.2. The second-order valence-electron chi connectivity index (χ2n) is 5.95. The summed E-state index contributed by atoms with van der Waals surface area (Å²) >= 11 is 5.93. The van der Waals surface area contributed by atoms with Gasteiger partial charge in [-0.1, -0.05) is 17.7 Å². The normalized spacial score (nSPS) is 14.9. The van der Waals surface area contributed by atoms with E-state index in [9.17, 15) is 14.4 Å². The third kappa shape index (κ3) is 6.05. The van der Waals surface area contributed by atoms with Gasteiger partial charge in [-0.15, -0.1) is 0 Å². The predicted octanol–water partition coefficient (Wildman–Crippen LogP) is 2.40. The fourth-order valence-electron chi connectivity index (χ4n) is 2.78. The minimum atomic E-state index is -0.361. The third-order valence-electron chi connectivity index (χ3n) is 4.08. The number of piperidine rings is 1. The number of nitrogens with zero attached hydrogens (tertiary/aromatic N) is 1. The number of amides is 2. The van der Waals surface area contributed by atoms with E-state index < -0.39 is 0 Å². The van der Waals surface area contributed by atoms with Gasteiger partial charge in [-0.2, -0.15) is 0 Å². The first-order chi connectivity index (χ1) is 12.0. The summed E-state index contributed by atoms with van der Waals surface area (Å²) in [5.74, 6) is -0.568. The topological polar surface area (TPSA) is 75.7 Å². The molecule has 6 nitrogen and oxygen atoms in total. The molecule has 2 amide bonds. The number of carbonyl (C=O) groups excluding carboxylic acids is 3. The highest BCUT2D eigenvalue weighted by molar-refractivity contribution is 6.30. The molecule has 2 rings (SSSR count). The maximum atomic E-state index is 12.4. The number of ether oxygens (including phenoxy) is 1. The molecule has 0 radical (unpaired) electrons. The smallest absolute Gasteiger partial charge is 0.306 e. The van der Waals surface area contributed by atoms with Crippen LogP contribution in [0, 0.1) is 0 Å². The van der Waals surface area contributed by atoms with Crippen molar-refractivity contribution in [2.75, 3.05) is 19.7 Å². The molecule has 136 valence electrons. The quantitative estimate of drug-likeness (QED) is 0.784. The summed E-state index contributed by atoms with van der Waals surface area (Å²) in [6.45, 7) is 3.21. The van der Waals surface area contributed by atoms with Crippen LogP contribution in [0.1, 0.15) is 43.0 Å². The van der Waals surface area contributed by atoms with Gasteiger partial charge < -0.3 is 15.0 Å². The fraction of sp³-hybridized carbons (Fsp3) is 0.500. The van der Waals surface area contributed by atoms with Crippen LogP contribution in [-0.2, 0) is 14.3 Å². The van der Waals surface area contributed by atoms with Gasteiger partial charge in [0.05, 0.1) is 13.0 Å². The van der Waals surface area contributed by atoms with Crippen LogP contribution in [0.15, 0.2) is 24.3 Å². The molecule has 0 aromatic heterocycles. The van der Waals surface area contributed by atoms with Crippen LogP contribution in [0.4, 0.5) is 0 Å². The summed E-state index contributed by atoms with van der Waals surface area (Å²) in [7, 11) is 0. The van der Waals surface area contributed by atoms with Gasteiger partial charge in [0, 0.05) is 36.1 Å². The summed E-state index contributed by atoms with van der Waals surface area (Å²) in [6, 6.07) is 6.92. The van der Waals surface area contributed by atoms with Gasteiger partial charge in [-0.3, -0.25) is 14.4 Å². The Morgan fingerprint density at radius 1 is 1.24 bits per heavy atom. The lowest BCUT2D eigenvalue weighted by atomic mass is 10.0. The van der Waals surface area contributed by atoms with E-state index in [1.54, 1.807) is 36.1 Å². The highest BCUT2D eigenvalue weighted by Gasteiger charge is 2.24. The maximum Gasteiger partial charge on any atom is 0.306 e. The van der Waals surface area contributed by atoms with Crippen molar-refractivity contribution in [2.24, 2.45) is 0 Å². The van der Waals surface area contributed by atoms with Crippen molar-refractivity contribution in [2.45, 2.75) is 38.6 Å². The summed E-state index contributed by atoms with van der Waals surface area (Å²) in [6.07, 6.45) is 1.60. The monoisotopic (exact) mass is 366 g/mol. The van der Waals surface area contributed by atoms with E-state index in [-0.39, 0.29) is 36.7 Å². The Morgan fingerprint density at radius 3 is 2.60 bits per heavy atom. The molecule has 0 aliphatic carbocycles. The predicted molar refractivity (Wildman–Crippen MR) is 94.4 cm³/mol. The number of halogens is 1. The van der Waals surface area contributed by atoms with E-state index in [1.807, 2.05) is 0 Å². The SMILES string of the molecule is CCOC(=O)CCC(=O)NC1CCN(C(=O)c2cccc(Cl)c2)CC1. The molecule has 1 aromatic rings. The summed E-state index contributed by atoms with van der Waals surface area (Å²) in [5, 5.41) is 3.46. The molecule has 1 aliphatic heterocycles. The van der Waals surface area contributed by atoms with Crippen LogP contribution in [0.2, 0.25) is 5.02 Å². The lowest BCUT2D eigenvalue weighted by Gasteiger charge is -2.32. The van der Waals surface area contributed by atoms with E-state index in [2.05, 4.69) is 5.32 Å². The summed E-state index contributed by atoms with van der Waals surface area (Å²) < 4.78 is 4.80. The van der Waals surface area contributed by atoms with Gasteiger partial charge in [0.25, 0.3) is 5.91 Å². The van der Waals surface area contributed by atoms with Gasteiger partial charge in [0.2, 0.25) is 5.91 Å². The molecule has 1 N–H and O–H groups in total. The molecule has 25 heavy (non-hydrogen) atoms. The molecule has 1 aromatic carbocycles. The van der Waals surface area contributed by atoms with E-state index in [1.165, 1.54) is 0 Å². The van der Waals surface area contributed by atoms with Crippen LogP contribution < -0.4 is 5.32 Å². The lowest BCUT2D eigenvalue weighted by molar-refractivity contribution is -0.144. The minimum absolute atomic E-state index is 0.0260. The highest BCUT2D eigenvalue weighted by atomic mass is 35.5. The van der Waals surface area contributed by atoms with Crippen LogP contribution in [0.25, 0.3) is 0 Å². The average Bonchev–Trinajstić information content (AvgIpc) is 2.60. The number of carbonyl (C=O) groups is 3. The standard InChI is InChI=1S/C18H23ClN2O4/c1-2-25-17(23)7-6-16(22)20-15-8-10-21(11-9-15)18(24)13-4-3-5-14(19)12-13/h3-5,12,15H,2,6-11H2,1H3,(H,20,22). The number of nitrogens with one attached hydrogen (secondary N) is 1. The van der Waals surface area contributed by atoms with Gasteiger partial charge in [0.1, 0.15) is 0 Å². The first-order valence-corrected chi connectivity index (χ1v) is 8.87. The van der Waals surface area contributed by atoms with Crippen LogP contribution in [0.5, 0.6) is 0 Å². The molecule has 1 saturated heterocycles. The molecule has 0 atom stereocenters. The Hall–Kier alpha value is -2.08. The second kappa shape index (κ2) is 9.42. The average molecular weight is 367 g/mol. The van der Waals surface area contributed by atoms with E-state index in [4.69, 9.17) is 16.3 Å². The van der Waals surface area contributed by atoms with Gasteiger partial charge in [-0.05, 0) is 38.0 Å². The Kier molecular flexibility index (Phi) is 7.25. The van der Waals surface area contributed by atoms with Gasteiger partial charge in [0.15, 0.2) is 0 Å². The van der Waals surface area contributed by atoms with Crippen molar-refractivity contribution >= 4 is 29.4 Å². The van der Waals surface area contributed by atoms with Crippen LogP contribution in [0.3, 0.4) is 0 Å².